The Morgan fingerprint density at radius 1 is 0.291 bits per heavy atom. The quantitative estimate of drug-likeness (QED) is 0.184. The third-order valence-electron chi connectivity index (χ3n) is 11.0. The lowest BCUT2D eigenvalue weighted by Gasteiger charge is -2.14. The number of para-hydroxylation sites is 4. The minimum absolute atomic E-state index is 0.567. The molecule has 3 aromatic heterocycles. The Labute approximate surface area is 316 Å². The molecule has 0 fully saturated rings. The minimum Gasteiger partial charge on any atom is -0.309 e. The van der Waals surface area contributed by atoms with Gasteiger partial charge in [-0.05, 0) is 96.1 Å². The van der Waals surface area contributed by atoms with Crippen LogP contribution in [0.15, 0.2) is 176 Å². The molecule has 0 bridgehead atoms. The molecule has 55 heavy (non-hydrogen) atoms. The number of nitrogens with zero attached hydrogens (tertiary/aromatic N) is 5. The van der Waals surface area contributed by atoms with Gasteiger partial charge in [0.1, 0.15) is 0 Å². The molecule has 0 saturated heterocycles. The van der Waals surface area contributed by atoms with E-state index in [1.807, 2.05) is 30.3 Å². The monoisotopic (exact) mass is 699 g/mol. The molecule has 254 valence electrons. The van der Waals surface area contributed by atoms with Gasteiger partial charge in [0, 0.05) is 49.4 Å². The Kier molecular flexibility index (Phi) is 6.61. The molecule has 5 nitrogen and oxygen atoms in total. The molecule has 0 radical (unpaired) electrons. The number of hydrogen-bond acceptors (Lipinski definition) is 2. The van der Waals surface area contributed by atoms with Crippen molar-refractivity contribution < 1.29 is 0 Å². The molecule has 0 amide bonds. The van der Waals surface area contributed by atoms with Crippen LogP contribution in [0.2, 0.25) is 0 Å². The zero-order valence-corrected chi connectivity index (χ0v) is 29.5. The first kappa shape index (κ1) is 30.7. The summed E-state index contributed by atoms with van der Waals surface area (Å²) in [6, 6.07) is 66.0. The molecule has 3 heterocycles. The van der Waals surface area contributed by atoms with Crippen LogP contribution >= 0.6 is 0 Å². The van der Waals surface area contributed by atoms with Gasteiger partial charge in [0.2, 0.25) is 0 Å². The van der Waals surface area contributed by atoms with Gasteiger partial charge >= 0.3 is 0 Å². The van der Waals surface area contributed by atoms with E-state index in [4.69, 9.17) is 0 Å². The Morgan fingerprint density at radius 2 is 0.782 bits per heavy atom. The molecule has 0 N–H and O–H groups in total. The van der Waals surface area contributed by atoms with Crippen LogP contribution in [0.1, 0.15) is 11.1 Å². The van der Waals surface area contributed by atoms with Crippen molar-refractivity contribution in [3.8, 4) is 40.3 Å². The van der Waals surface area contributed by atoms with Crippen molar-refractivity contribution in [2.24, 2.45) is 0 Å². The van der Waals surface area contributed by atoms with E-state index < -0.39 is 0 Å². The topological polar surface area (TPSA) is 62.4 Å². The van der Waals surface area contributed by atoms with E-state index in [0.29, 0.717) is 11.1 Å². The van der Waals surface area contributed by atoms with Gasteiger partial charge in [-0.2, -0.15) is 10.5 Å². The summed E-state index contributed by atoms with van der Waals surface area (Å²) in [5.41, 5.74) is 12.6. The van der Waals surface area contributed by atoms with Gasteiger partial charge in [-0.15, -0.1) is 0 Å². The van der Waals surface area contributed by atoms with Crippen LogP contribution < -0.4 is 0 Å². The van der Waals surface area contributed by atoms with Gasteiger partial charge in [0.15, 0.2) is 0 Å². The van der Waals surface area contributed by atoms with E-state index >= 15 is 0 Å². The Bertz CT molecular complexity index is 3360. The zero-order valence-electron chi connectivity index (χ0n) is 29.5. The van der Waals surface area contributed by atoms with Gasteiger partial charge in [-0.3, -0.25) is 0 Å². The van der Waals surface area contributed by atoms with Crippen molar-refractivity contribution in [3.63, 3.8) is 0 Å². The fourth-order valence-corrected chi connectivity index (χ4v) is 8.69. The van der Waals surface area contributed by atoms with Gasteiger partial charge in [0.25, 0.3) is 0 Å². The minimum atomic E-state index is 0.567. The number of rotatable bonds is 4. The van der Waals surface area contributed by atoms with Crippen LogP contribution in [0.3, 0.4) is 0 Å². The van der Waals surface area contributed by atoms with Crippen LogP contribution in [0.4, 0.5) is 0 Å². The van der Waals surface area contributed by atoms with Crippen LogP contribution in [-0.4, -0.2) is 13.7 Å². The Hall–Kier alpha value is -7.86. The molecule has 11 rings (SSSR count). The molecule has 0 aliphatic carbocycles. The lowest BCUT2D eigenvalue weighted by Crippen LogP contribution is -1.98. The number of fused-ring (bicyclic) bond motifs is 9. The molecule has 0 saturated carbocycles. The lowest BCUT2D eigenvalue weighted by molar-refractivity contribution is 1.15. The normalized spacial score (nSPS) is 11.6. The van der Waals surface area contributed by atoms with E-state index in [1.54, 1.807) is 0 Å². The number of nitriles is 2. The Morgan fingerprint density at radius 3 is 1.36 bits per heavy atom. The molecule has 0 aliphatic heterocycles. The predicted molar refractivity (Wildman–Crippen MR) is 224 cm³/mol. The van der Waals surface area contributed by atoms with Gasteiger partial charge in [-0.1, -0.05) is 91.0 Å². The van der Waals surface area contributed by atoms with Crippen molar-refractivity contribution in [2.45, 2.75) is 0 Å². The van der Waals surface area contributed by atoms with Crippen molar-refractivity contribution in [1.29, 1.82) is 10.5 Å². The van der Waals surface area contributed by atoms with Crippen LogP contribution in [0.25, 0.3) is 93.6 Å². The van der Waals surface area contributed by atoms with Crippen molar-refractivity contribution in [3.05, 3.63) is 187 Å². The standard InChI is InChI=1S/C50H29N5/c51-30-32-20-23-49-44(26-32)43-22-21-37(54-47-18-7-3-14-41(47)42-15-4-8-19-48(42)54)29-50(43)55(49)38-25-33(31-52)24-35(28-38)34-10-9-11-36(27-34)53-45-16-5-1-12-39(45)40-13-2-6-17-46(40)53/h1-29H. The summed E-state index contributed by atoms with van der Waals surface area (Å²) < 4.78 is 6.88. The molecule has 0 atom stereocenters. The highest BCUT2D eigenvalue weighted by atomic mass is 15.0. The molecule has 5 heteroatoms. The molecule has 8 aromatic carbocycles. The summed E-state index contributed by atoms with van der Waals surface area (Å²) in [6.45, 7) is 0. The molecule has 0 spiro atoms. The number of benzene rings is 8. The summed E-state index contributed by atoms with van der Waals surface area (Å²) in [6.07, 6.45) is 0. The molecular formula is C50H29N5. The smallest absolute Gasteiger partial charge is 0.0992 e. The van der Waals surface area contributed by atoms with Gasteiger partial charge < -0.3 is 13.7 Å². The van der Waals surface area contributed by atoms with Crippen molar-refractivity contribution >= 4 is 65.4 Å². The van der Waals surface area contributed by atoms with Crippen LogP contribution in [-0.2, 0) is 0 Å². The average molecular weight is 700 g/mol. The number of hydrogen-bond donors (Lipinski definition) is 0. The van der Waals surface area contributed by atoms with E-state index in [9.17, 15) is 10.5 Å². The third-order valence-corrected chi connectivity index (χ3v) is 11.0. The summed E-state index contributed by atoms with van der Waals surface area (Å²) in [5, 5.41) is 27.2. The van der Waals surface area contributed by atoms with Crippen LogP contribution in [0.5, 0.6) is 0 Å². The first-order valence-electron chi connectivity index (χ1n) is 18.3. The van der Waals surface area contributed by atoms with Crippen LogP contribution in [0, 0.1) is 22.7 Å². The van der Waals surface area contributed by atoms with Crippen molar-refractivity contribution in [1.82, 2.24) is 13.7 Å². The Balaban J connectivity index is 1.15. The fraction of sp³-hybridized carbons (Fsp3) is 0. The maximum absolute atomic E-state index is 10.4. The summed E-state index contributed by atoms with van der Waals surface area (Å²) in [5.74, 6) is 0. The molecule has 0 unspecified atom stereocenters. The van der Waals surface area contributed by atoms with E-state index in [1.165, 1.54) is 21.5 Å². The van der Waals surface area contributed by atoms with E-state index in [-0.39, 0.29) is 0 Å². The van der Waals surface area contributed by atoms with Gasteiger partial charge in [-0.25, -0.2) is 0 Å². The second-order valence-corrected chi connectivity index (χ2v) is 14.1. The summed E-state index contributed by atoms with van der Waals surface area (Å²) in [7, 11) is 0. The highest BCUT2D eigenvalue weighted by molar-refractivity contribution is 6.12. The first-order valence-corrected chi connectivity index (χ1v) is 18.3. The number of aromatic nitrogens is 3. The summed E-state index contributed by atoms with van der Waals surface area (Å²) >= 11 is 0. The third kappa shape index (κ3) is 4.58. The lowest BCUT2D eigenvalue weighted by atomic mass is 10.0. The molecule has 0 aliphatic rings. The molecule has 11 aromatic rings. The van der Waals surface area contributed by atoms with E-state index in [0.717, 1.165) is 72.1 Å². The SMILES string of the molecule is N#Cc1cc(-c2cccc(-n3c4ccccc4c4ccccc43)c2)cc(-n2c3ccc(C#N)cc3c3ccc(-n4c5ccccc5c5ccccc54)cc32)c1. The highest BCUT2D eigenvalue weighted by Gasteiger charge is 2.19. The fourth-order valence-electron chi connectivity index (χ4n) is 8.69. The zero-order chi connectivity index (χ0) is 36.6. The predicted octanol–water partition coefficient (Wildman–Crippen LogP) is 12.4. The molecular weight excluding hydrogens is 671 g/mol. The largest absolute Gasteiger partial charge is 0.309 e. The second-order valence-electron chi connectivity index (χ2n) is 14.1. The maximum atomic E-state index is 10.4. The van der Waals surface area contributed by atoms with E-state index in [2.05, 4.69) is 171 Å². The highest BCUT2D eigenvalue weighted by Crippen LogP contribution is 2.39. The maximum Gasteiger partial charge on any atom is 0.0992 e. The average Bonchev–Trinajstić information content (AvgIpc) is 3.88. The van der Waals surface area contributed by atoms with Gasteiger partial charge in [0.05, 0.1) is 56.4 Å². The second kappa shape index (κ2) is 11.8. The van der Waals surface area contributed by atoms with Crippen molar-refractivity contribution in [2.75, 3.05) is 0 Å². The summed E-state index contributed by atoms with van der Waals surface area (Å²) in [4.78, 5) is 0. The first-order chi connectivity index (χ1) is 27.2.